The number of non-ortho nitro benzene ring substituents is 1. The number of fused-ring (bicyclic) bond motifs is 1. The standard InChI is InChI=1S/C19H19N3O4S/c1-13(14-6-5-7-15(10-14)22(24)25)21(2)19(23)12-26-11-18-20-16-8-3-4-9-17(16)27-18/h3-10,13H,11-12H2,1-2H3/t13-/m0/s1. The number of likely N-dealkylation sites (N-methyl/N-ethyl adjacent to an activating group) is 1. The third-order valence-corrected chi connectivity index (χ3v) is 5.34. The maximum Gasteiger partial charge on any atom is 0.269 e. The van der Waals surface area contributed by atoms with Gasteiger partial charge in [0.05, 0.1) is 27.8 Å². The molecule has 0 radical (unpaired) electrons. The average molecular weight is 385 g/mol. The summed E-state index contributed by atoms with van der Waals surface area (Å²) in [6, 6.07) is 13.8. The number of benzene rings is 2. The van der Waals surface area contributed by atoms with Crippen LogP contribution in [0.15, 0.2) is 48.5 Å². The summed E-state index contributed by atoms with van der Waals surface area (Å²) in [5.74, 6) is -0.199. The van der Waals surface area contributed by atoms with Crippen molar-refractivity contribution in [3.63, 3.8) is 0 Å². The van der Waals surface area contributed by atoms with E-state index in [4.69, 9.17) is 4.74 Å². The molecule has 1 aromatic heterocycles. The fourth-order valence-corrected chi connectivity index (χ4v) is 3.55. The molecule has 0 saturated carbocycles. The van der Waals surface area contributed by atoms with E-state index in [1.807, 2.05) is 31.2 Å². The van der Waals surface area contributed by atoms with Crippen LogP contribution < -0.4 is 0 Å². The monoisotopic (exact) mass is 385 g/mol. The highest BCUT2D eigenvalue weighted by molar-refractivity contribution is 7.18. The molecule has 3 rings (SSSR count). The molecule has 0 aliphatic rings. The van der Waals surface area contributed by atoms with Crippen LogP contribution in [0.5, 0.6) is 0 Å². The molecule has 1 atom stereocenters. The van der Waals surface area contributed by atoms with Crippen LogP contribution in [0.4, 0.5) is 5.69 Å². The number of aromatic nitrogens is 1. The Hall–Kier alpha value is -2.84. The van der Waals surface area contributed by atoms with Gasteiger partial charge >= 0.3 is 0 Å². The molecule has 0 N–H and O–H groups in total. The van der Waals surface area contributed by atoms with Crippen molar-refractivity contribution in [2.24, 2.45) is 0 Å². The molecule has 7 nitrogen and oxygen atoms in total. The average Bonchev–Trinajstić information content (AvgIpc) is 3.09. The molecule has 0 saturated heterocycles. The van der Waals surface area contributed by atoms with E-state index in [0.717, 1.165) is 15.2 Å². The lowest BCUT2D eigenvalue weighted by molar-refractivity contribution is -0.384. The van der Waals surface area contributed by atoms with E-state index in [-0.39, 0.29) is 30.9 Å². The van der Waals surface area contributed by atoms with Gasteiger partial charge in [-0.15, -0.1) is 11.3 Å². The maximum absolute atomic E-state index is 12.4. The molecular weight excluding hydrogens is 366 g/mol. The summed E-state index contributed by atoms with van der Waals surface area (Å²) < 4.78 is 6.61. The van der Waals surface area contributed by atoms with Crippen molar-refractivity contribution in [2.75, 3.05) is 13.7 Å². The van der Waals surface area contributed by atoms with Crippen LogP contribution in [-0.2, 0) is 16.1 Å². The summed E-state index contributed by atoms with van der Waals surface area (Å²) in [6.45, 7) is 2.01. The number of thiazole rings is 1. The highest BCUT2D eigenvalue weighted by Crippen LogP contribution is 2.24. The minimum atomic E-state index is -0.445. The highest BCUT2D eigenvalue weighted by Gasteiger charge is 2.19. The first-order valence-electron chi connectivity index (χ1n) is 8.38. The largest absolute Gasteiger partial charge is 0.364 e. The Morgan fingerprint density at radius 2 is 2.07 bits per heavy atom. The van der Waals surface area contributed by atoms with Gasteiger partial charge < -0.3 is 9.64 Å². The van der Waals surface area contributed by atoms with Crippen LogP contribution in [-0.4, -0.2) is 34.4 Å². The quantitative estimate of drug-likeness (QED) is 0.454. The van der Waals surface area contributed by atoms with Crippen molar-refractivity contribution >= 4 is 33.1 Å². The second-order valence-electron chi connectivity index (χ2n) is 6.10. The summed E-state index contributed by atoms with van der Waals surface area (Å²) in [5, 5.41) is 11.7. The summed E-state index contributed by atoms with van der Waals surface area (Å²) in [7, 11) is 1.66. The van der Waals surface area contributed by atoms with E-state index >= 15 is 0 Å². The third-order valence-electron chi connectivity index (χ3n) is 4.33. The van der Waals surface area contributed by atoms with Crippen molar-refractivity contribution < 1.29 is 14.5 Å². The summed E-state index contributed by atoms with van der Waals surface area (Å²) in [5.41, 5.74) is 1.63. The smallest absolute Gasteiger partial charge is 0.269 e. The third kappa shape index (κ3) is 4.47. The number of para-hydroxylation sites is 1. The summed E-state index contributed by atoms with van der Waals surface area (Å²) in [6.07, 6.45) is 0. The Bertz CT molecular complexity index is 939. The fourth-order valence-electron chi connectivity index (χ4n) is 2.65. The first kappa shape index (κ1) is 18.9. The second-order valence-corrected chi connectivity index (χ2v) is 7.22. The van der Waals surface area contributed by atoms with E-state index in [1.54, 1.807) is 19.2 Å². The van der Waals surface area contributed by atoms with E-state index in [9.17, 15) is 14.9 Å². The van der Waals surface area contributed by atoms with E-state index in [1.165, 1.54) is 28.4 Å². The van der Waals surface area contributed by atoms with E-state index < -0.39 is 4.92 Å². The number of nitrogens with zero attached hydrogens (tertiary/aromatic N) is 3. The number of hydrogen-bond donors (Lipinski definition) is 0. The van der Waals surface area contributed by atoms with E-state index in [0.29, 0.717) is 5.56 Å². The maximum atomic E-state index is 12.4. The molecule has 1 amide bonds. The summed E-state index contributed by atoms with van der Waals surface area (Å²) >= 11 is 1.54. The predicted molar refractivity (Wildman–Crippen MR) is 104 cm³/mol. The van der Waals surface area contributed by atoms with Crippen LogP contribution in [0.2, 0.25) is 0 Å². The molecule has 0 aliphatic carbocycles. The topological polar surface area (TPSA) is 85.6 Å². The van der Waals surface area contributed by atoms with Crippen molar-refractivity contribution in [1.82, 2.24) is 9.88 Å². The van der Waals surface area contributed by atoms with Gasteiger partial charge in [-0.3, -0.25) is 14.9 Å². The number of hydrogen-bond acceptors (Lipinski definition) is 6. The molecule has 0 fully saturated rings. The second kappa shape index (κ2) is 8.24. The van der Waals surface area contributed by atoms with Crippen LogP contribution in [0.3, 0.4) is 0 Å². The zero-order valence-corrected chi connectivity index (χ0v) is 15.8. The number of rotatable bonds is 7. The predicted octanol–water partition coefficient (Wildman–Crippen LogP) is 3.94. The number of ether oxygens (including phenoxy) is 1. The minimum Gasteiger partial charge on any atom is -0.364 e. The van der Waals surface area contributed by atoms with E-state index in [2.05, 4.69) is 4.98 Å². The van der Waals surface area contributed by atoms with Gasteiger partial charge in [-0.2, -0.15) is 0 Å². The van der Waals surface area contributed by atoms with Crippen LogP contribution in [0.25, 0.3) is 10.2 Å². The Morgan fingerprint density at radius 3 is 2.81 bits per heavy atom. The van der Waals surface area contributed by atoms with Crippen LogP contribution >= 0.6 is 11.3 Å². The molecular formula is C19H19N3O4S. The minimum absolute atomic E-state index is 0.00675. The van der Waals surface area contributed by atoms with Crippen molar-refractivity contribution in [2.45, 2.75) is 19.6 Å². The first-order valence-corrected chi connectivity index (χ1v) is 9.19. The first-order chi connectivity index (χ1) is 13.0. The van der Waals surface area contributed by atoms with Gasteiger partial charge in [0, 0.05) is 19.2 Å². The van der Waals surface area contributed by atoms with Gasteiger partial charge in [0.2, 0.25) is 5.91 Å². The normalized spacial score (nSPS) is 12.1. The molecule has 3 aromatic rings. The molecule has 1 heterocycles. The Balaban J connectivity index is 1.56. The van der Waals surface area contributed by atoms with Crippen LogP contribution in [0.1, 0.15) is 23.5 Å². The Labute approximate surface area is 160 Å². The van der Waals surface area contributed by atoms with Gasteiger partial charge in [-0.25, -0.2) is 4.98 Å². The number of nitro benzene ring substituents is 1. The van der Waals surface area contributed by atoms with Gasteiger partial charge in [-0.1, -0.05) is 24.3 Å². The molecule has 0 aliphatic heterocycles. The van der Waals surface area contributed by atoms with Gasteiger partial charge in [0.15, 0.2) is 0 Å². The number of carbonyl (C=O) groups excluding carboxylic acids is 1. The lowest BCUT2D eigenvalue weighted by atomic mass is 10.1. The lowest BCUT2D eigenvalue weighted by Crippen LogP contribution is -2.32. The fraction of sp³-hybridized carbons (Fsp3) is 0.263. The van der Waals surface area contributed by atoms with Crippen molar-refractivity contribution in [3.8, 4) is 0 Å². The zero-order chi connectivity index (χ0) is 19.4. The molecule has 27 heavy (non-hydrogen) atoms. The molecule has 8 heteroatoms. The zero-order valence-electron chi connectivity index (χ0n) is 15.0. The molecule has 0 spiro atoms. The molecule has 0 unspecified atom stereocenters. The number of nitro groups is 1. The van der Waals surface area contributed by atoms with Gasteiger partial charge in [0.25, 0.3) is 5.69 Å². The Kier molecular flexibility index (Phi) is 5.78. The Morgan fingerprint density at radius 1 is 1.30 bits per heavy atom. The van der Waals surface area contributed by atoms with Gasteiger partial charge in [0.1, 0.15) is 11.6 Å². The van der Waals surface area contributed by atoms with Crippen LogP contribution in [0, 0.1) is 10.1 Å². The number of carbonyl (C=O) groups is 1. The van der Waals surface area contributed by atoms with Crippen molar-refractivity contribution in [3.05, 3.63) is 69.2 Å². The SMILES string of the molecule is C[C@@H](c1cccc([N+](=O)[O-])c1)N(C)C(=O)COCc1nc2ccccc2s1. The van der Waals surface area contributed by atoms with Gasteiger partial charge in [-0.05, 0) is 24.6 Å². The number of amides is 1. The molecule has 2 aromatic carbocycles. The molecule has 140 valence electrons. The summed E-state index contributed by atoms with van der Waals surface area (Å²) in [4.78, 5) is 28.9. The van der Waals surface area contributed by atoms with Crippen molar-refractivity contribution in [1.29, 1.82) is 0 Å². The highest BCUT2D eigenvalue weighted by atomic mass is 32.1. The lowest BCUT2D eigenvalue weighted by Gasteiger charge is -2.25. The molecule has 0 bridgehead atoms.